The molecule has 1 aromatic rings. The molecule has 0 saturated carbocycles. The van der Waals surface area contributed by atoms with Crippen LogP contribution in [0.5, 0.6) is 0 Å². The van der Waals surface area contributed by atoms with E-state index in [2.05, 4.69) is 42.7 Å². The van der Waals surface area contributed by atoms with Crippen LogP contribution in [0.3, 0.4) is 0 Å². The summed E-state index contributed by atoms with van der Waals surface area (Å²) in [5.41, 5.74) is 5.16. The van der Waals surface area contributed by atoms with Crippen LogP contribution in [-0.2, 0) is 0 Å². The first kappa shape index (κ1) is 11.5. The monoisotopic (exact) mass is 237 g/mol. The van der Waals surface area contributed by atoms with Gasteiger partial charge in [0.15, 0.2) is 0 Å². The highest BCUT2D eigenvalue weighted by Crippen LogP contribution is 2.32. The molecule has 2 heterocycles. The van der Waals surface area contributed by atoms with Crippen molar-refractivity contribution in [2.45, 2.75) is 31.3 Å². The van der Waals surface area contributed by atoms with E-state index in [1.54, 1.807) is 0 Å². The Kier molecular flexibility index (Phi) is 2.92. The fraction of sp³-hybridized carbons (Fsp3) is 0.294. The van der Waals surface area contributed by atoms with Crippen molar-refractivity contribution >= 4 is 17.7 Å². The third-order valence-corrected chi connectivity index (χ3v) is 4.04. The molecule has 2 unspecified atom stereocenters. The molecule has 2 aliphatic rings. The van der Waals surface area contributed by atoms with Gasteiger partial charge >= 0.3 is 0 Å². The molecule has 1 nitrogen and oxygen atoms in total. The van der Waals surface area contributed by atoms with E-state index in [9.17, 15) is 0 Å². The van der Waals surface area contributed by atoms with Gasteiger partial charge in [0.1, 0.15) is 0 Å². The summed E-state index contributed by atoms with van der Waals surface area (Å²) < 4.78 is 0. The molecule has 18 heavy (non-hydrogen) atoms. The molecule has 0 spiro atoms. The number of benzene rings is 1. The normalized spacial score (nSPS) is 25.7. The first-order valence-electron chi connectivity index (χ1n) is 6.66. The maximum Gasteiger partial charge on any atom is 0.0259 e. The predicted octanol–water partition coefficient (Wildman–Crippen LogP) is 3.88. The molecule has 3 rings (SSSR count). The summed E-state index contributed by atoms with van der Waals surface area (Å²) in [5.74, 6) is 0. The van der Waals surface area contributed by atoms with Gasteiger partial charge in [0, 0.05) is 12.1 Å². The van der Waals surface area contributed by atoms with Crippen LogP contribution in [0, 0.1) is 0 Å². The van der Waals surface area contributed by atoms with E-state index < -0.39 is 0 Å². The van der Waals surface area contributed by atoms with Gasteiger partial charge < -0.3 is 5.32 Å². The molecule has 1 aromatic carbocycles. The van der Waals surface area contributed by atoms with Crippen molar-refractivity contribution in [3.63, 3.8) is 0 Å². The number of fused-ring (bicyclic) bond motifs is 2. The maximum atomic E-state index is 3.89. The molecule has 1 N–H and O–H groups in total. The molecule has 92 valence electrons. The number of nitrogens with one attached hydrogen (secondary N) is 1. The van der Waals surface area contributed by atoms with Crippen LogP contribution >= 0.6 is 0 Å². The van der Waals surface area contributed by atoms with Crippen molar-refractivity contribution in [2.75, 3.05) is 0 Å². The zero-order chi connectivity index (χ0) is 12.5. The Bertz CT molecular complexity index is 524. The van der Waals surface area contributed by atoms with E-state index in [1.807, 2.05) is 12.2 Å². The Hall–Kier alpha value is -1.60. The standard InChI is InChI=1S/C17H19N/c1-3-12-5-6-14(9-13(12)4-2)15-10-16-7-8-17(11-15)18-16/h3-6,9-10,16-18H,1-2,7-8,11H2. The number of hydrogen-bond acceptors (Lipinski definition) is 1. The van der Waals surface area contributed by atoms with E-state index in [1.165, 1.54) is 29.5 Å². The van der Waals surface area contributed by atoms with E-state index in [-0.39, 0.29) is 0 Å². The van der Waals surface area contributed by atoms with Gasteiger partial charge in [-0.25, -0.2) is 0 Å². The Morgan fingerprint density at radius 2 is 1.94 bits per heavy atom. The second-order valence-electron chi connectivity index (χ2n) is 5.20. The van der Waals surface area contributed by atoms with Gasteiger partial charge in [-0.3, -0.25) is 0 Å². The minimum atomic E-state index is 0.588. The molecule has 1 heteroatoms. The molecule has 0 aromatic heterocycles. The van der Waals surface area contributed by atoms with Crippen LogP contribution < -0.4 is 5.32 Å². The molecule has 0 aliphatic carbocycles. The molecule has 0 amide bonds. The lowest BCUT2D eigenvalue weighted by Gasteiger charge is -2.22. The molecular formula is C17H19N. The van der Waals surface area contributed by atoms with Gasteiger partial charge in [-0.05, 0) is 47.6 Å². The Balaban J connectivity index is 1.97. The third kappa shape index (κ3) is 1.95. The molecule has 2 atom stereocenters. The van der Waals surface area contributed by atoms with Gasteiger partial charge in [-0.15, -0.1) is 0 Å². The largest absolute Gasteiger partial charge is 0.307 e. The van der Waals surface area contributed by atoms with Crippen LogP contribution in [0.25, 0.3) is 17.7 Å². The first-order valence-corrected chi connectivity index (χ1v) is 6.66. The quantitative estimate of drug-likeness (QED) is 0.841. The second-order valence-corrected chi connectivity index (χ2v) is 5.20. The van der Waals surface area contributed by atoms with E-state index >= 15 is 0 Å². The lowest BCUT2D eigenvalue weighted by molar-refractivity contribution is 0.575. The molecule has 2 aliphatic heterocycles. The fourth-order valence-corrected chi connectivity index (χ4v) is 3.07. The highest BCUT2D eigenvalue weighted by Gasteiger charge is 2.28. The molecule has 1 saturated heterocycles. The fourth-order valence-electron chi connectivity index (χ4n) is 3.07. The van der Waals surface area contributed by atoms with Crippen molar-refractivity contribution in [2.24, 2.45) is 0 Å². The topological polar surface area (TPSA) is 12.0 Å². The van der Waals surface area contributed by atoms with E-state index in [0.717, 1.165) is 12.0 Å². The van der Waals surface area contributed by atoms with Gasteiger partial charge in [0.2, 0.25) is 0 Å². The predicted molar refractivity (Wildman–Crippen MR) is 79.2 cm³/mol. The van der Waals surface area contributed by atoms with Crippen molar-refractivity contribution in [3.8, 4) is 0 Å². The Morgan fingerprint density at radius 3 is 2.67 bits per heavy atom. The van der Waals surface area contributed by atoms with E-state index in [0.29, 0.717) is 12.1 Å². The minimum Gasteiger partial charge on any atom is -0.307 e. The minimum absolute atomic E-state index is 0.588. The summed E-state index contributed by atoms with van der Waals surface area (Å²) in [7, 11) is 0. The SMILES string of the molecule is C=Cc1ccc(C2=CC3CCC(C2)N3)cc1C=C. The molecule has 2 bridgehead atoms. The van der Waals surface area contributed by atoms with Crippen molar-refractivity contribution in [1.82, 2.24) is 5.32 Å². The lowest BCUT2D eigenvalue weighted by atomic mass is 9.93. The highest BCUT2D eigenvalue weighted by molar-refractivity contribution is 5.73. The molecular weight excluding hydrogens is 218 g/mol. The highest BCUT2D eigenvalue weighted by atomic mass is 15.0. The lowest BCUT2D eigenvalue weighted by Crippen LogP contribution is -2.31. The Morgan fingerprint density at radius 1 is 1.11 bits per heavy atom. The van der Waals surface area contributed by atoms with Crippen LogP contribution in [0.4, 0.5) is 0 Å². The van der Waals surface area contributed by atoms with Crippen LogP contribution in [-0.4, -0.2) is 12.1 Å². The second kappa shape index (κ2) is 4.58. The summed E-state index contributed by atoms with van der Waals surface area (Å²) in [6.07, 6.45) is 9.95. The zero-order valence-corrected chi connectivity index (χ0v) is 10.7. The summed E-state index contributed by atoms with van der Waals surface area (Å²) in [6.45, 7) is 7.73. The van der Waals surface area contributed by atoms with Crippen molar-refractivity contribution in [3.05, 3.63) is 54.1 Å². The maximum absolute atomic E-state index is 3.89. The van der Waals surface area contributed by atoms with E-state index in [4.69, 9.17) is 0 Å². The van der Waals surface area contributed by atoms with Gasteiger partial charge in [-0.2, -0.15) is 0 Å². The third-order valence-electron chi connectivity index (χ3n) is 4.04. The number of rotatable bonds is 3. The molecule has 0 radical (unpaired) electrons. The molecule has 1 fully saturated rings. The average Bonchev–Trinajstić information content (AvgIpc) is 2.76. The summed E-state index contributed by atoms with van der Waals surface area (Å²) in [5, 5.41) is 3.63. The van der Waals surface area contributed by atoms with Gasteiger partial charge in [0.25, 0.3) is 0 Å². The van der Waals surface area contributed by atoms with Crippen molar-refractivity contribution < 1.29 is 0 Å². The van der Waals surface area contributed by atoms with Gasteiger partial charge in [0.05, 0.1) is 0 Å². The first-order chi connectivity index (χ1) is 8.80. The average molecular weight is 237 g/mol. The van der Waals surface area contributed by atoms with Crippen molar-refractivity contribution in [1.29, 1.82) is 0 Å². The Labute approximate surface area is 109 Å². The smallest absolute Gasteiger partial charge is 0.0259 e. The number of hydrogen-bond donors (Lipinski definition) is 1. The summed E-state index contributed by atoms with van der Waals surface area (Å²) >= 11 is 0. The van der Waals surface area contributed by atoms with Crippen LogP contribution in [0.15, 0.2) is 37.4 Å². The zero-order valence-electron chi connectivity index (χ0n) is 10.7. The summed E-state index contributed by atoms with van der Waals surface area (Å²) in [6, 6.07) is 7.86. The van der Waals surface area contributed by atoms with Crippen LogP contribution in [0.2, 0.25) is 0 Å². The van der Waals surface area contributed by atoms with Crippen LogP contribution in [0.1, 0.15) is 36.0 Å². The van der Waals surface area contributed by atoms with Gasteiger partial charge in [-0.1, -0.05) is 43.5 Å². The summed E-state index contributed by atoms with van der Waals surface area (Å²) in [4.78, 5) is 0.